The van der Waals surface area contributed by atoms with Crippen LogP contribution in [0.1, 0.15) is 17.5 Å². The maximum absolute atomic E-state index is 9.24. The Bertz CT molecular complexity index is 243. The van der Waals surface area contributed by atoms with Gasteiger partial charge in [0.2, 0.25) is 0 Å². The van der Waals surface area contributed by atoms with Crippen LogP contribution >= 0.6 is 11.6 Å². The van der Waals surface area contributed by atoms with Gasteiger partial charge >= 0.3 is 0 Å². The summed E-state index contributed by atoms with van der Waals surface area (Å²) in [5.41, 5.74) is 2.52. The standard InChI is InChI=1S/C11H15ClO/c1-9-2-4-10(5-3-9)6-7-11(13)8-12/h2-5,11,13H,6-8H2,1H3. The molecule has 2 heteroatoms. The molecule has 0 heterocycles. The summed E-state index contributed by atoms with van der Waals surface area (Å²) >= 11 is 5.49. The van der Waals surface area contributed by atoms with Crippen LogP contribution < -0.4 is 0 Å². The molecule has 0 aliphatic carbocycles. The van der Waals surface area contributed by atoms with Gasteiger partial charge in [-0.2, -0.15) is 0 Å². The third kappa shape index (κ3) is 3.79. The summed E-state index contributed by atoms with van der Waals surface area (Å²) in [6.07, 6.45) is 1.27. The number of halogens is 1. The predicted octanol–water partition coefficient (Wildman–Crippen LogP) is 2.53. The van der Waals surface area contributed by atoms with Crippen LogP contribution in [0, 0.1) is 6.92 Å². The van der Waals surface area contributed by atoms with Gasteiger partial charge in [-0.25, -0.2) is 0 Å². The van der Waals surface area contributed by atoms with Crippen LogP contribution in [-0.2, 0) is 6.42 Å². The molecular weight excluding hydrogens is 184 g/mol. The molecule has 0 amide bonds. The Morgan fingerprint density at radius 3 is 2.46 bits per heavy atom. The first-order chi connectivity index (χ1) is 6.22. The zero-order valence-corrected chi connectivity index (χ0v) is 8.59. The molecule has 0 aliphatic rings. The topological polar surface area (TPSA) is 20.2 Å². The van der Waals surface area contributed by atoms with E-state index in [0.717, 1.165) is 12.8 Å². The Balaban J connectivity index is 2.41. The molecular formula is C11H15ClO. The molecule has 1 rings (SSSR count). The summed E-state index contributed by atoms with van der Waals surface area (Å²) in [5.74, 6) is 0.325. The van der Waals surface area contributed by atoms with E-state index < -0.39 is 0 Å². The fourth-order valence-electron chi connectivity index (χ4n) is 1.17. The van der Waals surface area contributed by atoms with Crippen molar-refractivity contribution in [1.82, 2.24) is 0 Å². The second kappa shape index (κ2) is 5.25. The number of alkyl halides is 1. The van der Waals surface area contributed by atoms with E-state index >= 15 is 0 Å². The van der Waals surface area contributed by atoms with Crippen molar-refractivity contribution in [3.8, 4) is 0 Å². The lowest BCUT2D eigenvalue weighted by atomic mass is 10.1. The van der Waals surface area contributed by atoms with Gasteiger partial charge in [-0.1, -0.05) is 29.8 Å². The second-order valence-electron chi connectivity index (χ2n) is 3.33. The third-order valence-corrected chi connectivity index (χ3v) is 2.42. The van der Waals surface area contributed by atoms with Crippen LogP contribution in [0.4, 0.5) is 0 Å². The molecule has 0 fully saturated rings. The van der Waals surface area contributed by atoms with Gasteiger partial charge in [-0.3, -0.25) is 0 Å². The molecule has 1 aromatic carbocycles. The highest BCUT2D eigenvalue weighted by Crippen LogP contribution is 2.07. The first-order valence-electron chi connectivity index (χ1n) is 4.52. The van der Waals surface area contributed by atoms with E-state index in [1.807, 2.05) is 0 Å². The third-order valence-electron chi connectivity index (χ3n) is 2.06. The van der Waals surface area contributed by atoms with E-state index in [9.17, 15) is 5.11 Å². The van der Waals surface area contributed by atoms with Crippen molar-refractivity contribution in [2.75, 3.05) is 5.88 Å². The van der Waals surface area contributed by atoms with E-state index in [-0.39, 0.29) is 6.10 Å². The van der Waals surface area contributed by atoms with Crippen LogP contribution in [0.15, 0.2) is 24.3 Å². The molecule has 1 N–H and O–H groups in total. The first kappa shape index (κ1) is 10.6. The summed E-state index contributed by atoms with van der Waals surface area (Å²) in [4.78, 5) is 0. The summed E-state index contributed by atoms with van der Waals surface area (Å²) < 4.78 is 0. The monoisotopic (exact) mass is 198 g/mol. The van der Waals surface area contributed by atoms with Crippen molar-refractivity contribution in [2.45, 2.75) is 25.9 Å². The SMILES string of the molecule is Cc1ccc(CCC(O)CCl)cc1. The molecule has 1 atom stereocenters. The highest BCUT2D eigenvalue weighted by molar-refractivity contribution is 6.18. The quantitative estimate of drug-likeness (QED) is 0.738. The van der Waals surface area contributed by atoms with Gasteiger partial charge in [0.25, 0.3) is 0 Å². The Morgan fingerprint density at radius 2 is 1.92 bits per heavy atom. The number of hydrogen-bond acceptors (Lipinski definition) is 1. The van der Waals surface area contributed by atoms with E-state index in [1.165, 1.54) is 11.1 Å². The predicted molar refractivity (Wildman–Crippen MR) is 56.2 cm³/mol. The highest BCUT2D eigenvalue weighted by Gasteiger charge is 2.01. The van der Waals surface area contributed by atoms with Crippen LogP contribution in [-0.4, -0.2) is 17.1 Å². The minimum absolute atomic E-state index is 0.325. The van der Waals surface area contributed by atoms with Crippen molar-refractivity contribution >= 4 is 11.6 Å². The van der Waals surface area contributed by atoms with Crippen LogP contribution in [0.3, 0.4) is 0 Å². The molecule has 0 saturated carbocycles. The highest BCUT2D eigenvalue weighted by atomic mass is 35.5. The van der Waals surface area contributed by atoms with E-state index in [0.29, 0.717) is 5.88 Å². The normalized spacial score (nSPS) is 12.8. The van der Waals surface area contributed by atoms with Crippen molar-refractivity contribution in [3.05, 3.63) is 35.4 Å². The maximum Gasteiger partial charge on any atom is 0.0678 e. The van der Waals surface area contributed by atoms with Crippen molar-refractivity contribution in [1.29, 1.82) is 0 Å². The average Bonchev–Trinajstić information content (AvgIpc) is 2.16. The number of aryl methyl sites for hydroxylation is 2. The lowest BCUT2D eigenvalue weighted by Gasteiger charge is -2.06. The summed E-state index contributed by atoms with van der Waals surface area (Å²) in [5, 5.41) is 9.24. The van der Waals surface area contributed by atoms with Gasteiger partial charge in [-0.05, 0) is 25.3 Å². The molecule has 1 nitrogen and oxygen atoms in total. The molecule has 0 bridgehead atoms. The molecule has 1 unspecified atom stereocenters. The Labute approximate surface area is 84.4 Å². The van der Waals surface area contributed by atoms with Crippen LogP contribution in [0.2, 0.25) is 0 Å². The molecule has 1 aromatic rings. The lowest BCUT2D eigenvalue weighted by molar-refractivity contribution is 0.188. The van der Waals surface area contributed by atoms with E-state index in [4.69, 9.17) is 11.6 Å². The maximum atomic E-state index is 9.24. The Hall–Kier alpha value is -0.530. The van der Waals surface area contributed by atoms with Gasteiger partial charge < -0.3 is 5.11 Å². The fourth-order valence-corrected chi connectivity index (χ4v) is 1.32. The number of hydrogen-bond donors (Lipinski definition) is 1. The van der Waals surface area contributed by atoms with E-state index in [2.05, 4.69) is 31.2 Å². The molecule has 72 valence electrons. The van der Waals surface area contributed by atoms with Gasteiger partial charge in [0.15, 0.2) is 0 Å². The van der Waals surface area contributed by atoms with Crippen molar-refractivity contribution in [3.63, 3.8) is 0 Å². The smallest absolute Gasteiger partial charge is 0.0678 e. The largest absolute Gasteiger partial charge is 0.392 e. The van der Waals surface area contributed by atoms with E-state index in [1.54, 1.807) is 0 Å². The van der Waals surface area contributed by atoms with Gasteiger partial charge in [-0.15, -0.1) is 11.6 Å². The van der Waals surface area contributed by atoms with Crippen LogP contribution in [0.25, 0.3) is 0 Å². The molecule has 0 aromatic heterocycles. The number of aliphatic hydroxyl groups excluding tert-OH is 1. The first-order valence-corrected chi connectivity index (χ1v) is 5.05. The van der Waals surface area contributed by atoms with Gasteiger partial charge in [0.1, 0.15) is 0 Å². The van der Waals surface area contributed by atoms with Gasteiger partial charge in [0.05, 0.1) is 6.10 Å². The molecule has 0 spiro atoms. The molecule has 0 aliphatic heterocycles. The second-order valence-corrected chi connectivity index (χ2v) is 3.64. The zero-order chi connectivity index (χ0) is 9.68. The number of benzene rings is 1. The average molecular weight is 199 g/mol. The Kier molecular flexibility index (Phi) is 4.26. The minimum Gasteiger partial charge on any atom is -0.392 e. The number of rotatable bonds is 4. The summed E-state index contributed by atoms with van der Waals surface area (Å²) in [6, 6.07) is 8.36. The Morgan fingerprint density at radius 1 is 1.31 bits per heavy atom. The lowest BCUT2D eigenvalue weighted by Crippen LogP contribution is -2.09. The van der Waals surface area contributed by atoms with Crippen molar-refractivity contribution in [2.24, 2.45) is 0 Å². The molecule has 0 radical (unpaired) electrons. The summed E-state index contributed by atoms with van der Waals surface area (Å²) in [7, 11) is 0. The van der Waals surface area contributed by atoms with Gasteiger partial charge in [0, 0.05) is 5.88 Å². The minimum atomic E-state index is -0.372. The van der Waals surface area contributed by atoms with Crippen LogP contribution in [0.5, 0.6) is 0 Å². The molecule has 13 heavy (non-hydrogen) atoms. The zero-order valence-electron chi connectivity index (χ0n) is 7.83. The fraction of sp³-hybridized carbons (Fsp3) is 0.455. The number of aliphatic hydroxyl groups is 1. The molecule has 0 saturated heterocycles. The van der Waals surface area contributed by atoms with Crippen molar-refractivity contribution < 1.29 is 5.11 Å². The summed E-state index contributed by atoms with van der Waals surface area (Å²) in [6.45, 7) is 2.07.